The molecule has 0 atom stereocenters. The highest BCUT2D eigenvalue weighted by atomic mass is 16.5. The lowest BCUT2D eigenvalue weighted by molar-refractivity contribution is 0.415. The molecule has 2 aromatic carbocycles. The topological polar surface area (TPSA) is 22.1 Å². The van der Waals surface area contributed by atoms with Gasteiger partial charge in [0.25, 0.3) is 0 Å². The predicted molar refractivity (Wildman–Crippen MR) is 83.1 cm³/mol. The maximum Gasteiger partial charge on any atom is 0.119 e. The van der Waals surface area contributed by atoms with Gasteiger partial charge in [-0.2, -0.15) is 0 Å². The Morgan fingerprint density at radius 2 is 1.80 bits per heavy atom. The van der Waals surface area contributed by atoms with Crippen LogP contribution in [0.15, 0.2) is 54.7 Å². The quantitative estimate of drug-likeness (QED) is 0.695. The van der Waals surface area contributed by atoms with Crippen LogP contribution in [0, 0.1) is 0 Å². The highest BCUT2D eigenvalue weighted by Gasteiger charge is 2.06. The molecule has 3 aromatic rings. The van der Waals surface area contributed by atoms with Gasteiger partial charge < -0.3 is 4.74 Å². The smallest absolute Gasteiger partial charge is 0.119 e. The maximum atomic E-state index is 5.32. The first-order valence-corrected chi connectivity index (χ1v) is 6.84. The molecule has 100 valence electrons. The molecule has 0 aliphatic carbocycles. The Balaban J connectivity index is 2.18. The first kappa shape index (κ1) is 12.7. The largest absolute Gasteiger partial charge is 0.497 e. The molecule has 2 nitrogen and oxygen atoms in total. The Bertz CT molecular complexity index is 732. The van der Waals surface area contributed by atoms with E-state index in [4.69, 9.17) is 4.74 Å². The number of pyridine rings is 1. The second-order valence-electron chi connectivity index (χ2n) is 4.79. The van der Waals surface area contributed by atoms with E-state index in [0.717, 1.165) is 23.1 Å². The fourth-order valence-electron chi connectivity index (χ4n) is 2.42. The number of aromatic nitrogens is 1. The molecule has 1 heterocycles. The zero-order valence-electron chi connectivity index (χ0n) is 11.8. The summed E-state index contributed by atoms with van der Waals surface area (Å²) in [6, 6.07) is 16.8. The minimum Gasteiger partial charge on any atom is -0.497 e. The van der Waals surface area contributed by atoms with Crippen molar-refractivity contribution in [3.8, 4) is 16.9 Å². The van der Waals surface area contributed by atoms with Gasteiger partial charge in [0.05, 0.1) is 12.6 Å². The first-order chi connectivity index (χ1) is 9.81. The van der Waals surface area contributed by atoms with Gasteiger partial charge in [-0.1, -0.05) is 31.2 Å². The lowest BCUT2D eigenvalue weighted by Crippen LogP contribution is -1.88. The van der Waals surface area contributed by atoms with Crippen LogP contribution < -0.4 is 4.74 Å². The third-order valence-corrected chi connectivity index (χ3v) is 3.62. The van der Waals surface area contributed by atoms with Gasteiger partial charge >= 0.3 is 0 Å². The summed E-state index contributed by atoms with van der Waals surface area (Å²) in [6.07, 6.45) is 2.92. The van der Waals surface area contributed by atoms with Gasteiger partial charge in [0.1, 0.15) is 5.75 Å². The molecule has 1 aromatic heterocycles. The highest BCUT2D eigenvalue weighted by molar-refractivity contribution is 5.95. The first-order valence-electron chi connectivity index (χ1n) is 6.84. The van der Waals surface area contributed by atoms with Gasteiger partial charge in [0.2, 0.25) is 0 Å². The third-order valence-electron chi connectivity index (χ3n) is 3.62. The van der Waals surface area contributed by atoms with Crippen molar-refractivity contribution >= 4 is 10.9 Å². The van der Waals surface area contributed by atoms with Gasteiger partial charge in [0, 0.05) is 11.6 Å². The van der Waals surface area contributed by atoms with Crippen LogP contribution >= 0.6 is 0 Å². The van der Waals surface area contributed by atoms with E-state index in [1.54, 1.807) is 7.11 Å². The molecule has 0 saturated carbocycles. The van der Waals surface area contributed by atoms with Crippen LogP contribution in [-0.2, 0) is 6.42 Å². The average molecular weight is 263 g/mol. The lowest BCUT2D eigenvalue weighted by atomic mass is 9.99. The number of methoxy groups -OCH3 is 1. The molecule has 0 unspecified atom stereocenters. The van der Waals surface area contributed by atoms with Crippen LogP contribution in [-0.4, -0.2) is 12.1 Å². The van der Waals surface area contributed by atoms with Gasteiger partial charge in [-0.15, -0.1) is 0 Å². The monoisotopic (exact) mass is 263 g/mol. The molecule has 0 radical (unpaired) electrons. The summed E-state index contributed by atoms with van der Waals surface area (Å²) in [7, 11) is 1.69. The van der Waals surface area contributed by atoms with Crippen LogP contribution in [0.5, 0.6) is 5.75 Å². The van der Waals surface area contributed by atoms with Gasteiger partial charge in [0.15, 0.2) is 0 Å². The zero-order valence-corrected chi connectivity index (χ0v) is 11.8. The van der Waals surface area contributed by atoms with Crippen molar-refractivity contribution < 1.29 is 4.74 Å². The Hall–Kier alpha value is -2.35. The Labute approximate surface area is 119 Å². The number of ether oxygens (including phenoxy) is 1. The average Bonchev–Trinajstić information content (AvgIpc) is 2.54. The fourth-order valence-corrected chi connectivity index (χ4v) is 2.42. The Kier molecular flexibility index (Phi) is 3.38. The van der Waals surface area contributed by atoms with Crippen molar-refractivity contribution in [2.45, 2.75) is 13.3 Å². The summed E-state index contributed by atoms with van der Waals surface area (Å²) >= 11 is 0. The summed E-state index contributed by atoms with van der Waals surface area (Å²) in [5.41, 5.74) is 4.74. The van der Waals surface area contributed by atoms with Crippen molar-refractivity contribution in [3.05, 3.63) is 60.3 Å². The molecule has 0 N–H and O–H groups in total. The number of hydrogen-bond acceptors (Lipinski definition) is 2. The third kappa shape index (κ3) is 2.25. The molecule has 0 saturated heterocycles. The van der Waals surface area contributed by atoms with Gasteiger partial charge in [-0.3, -0.25) is 4.98 Å². The second-order valence-corrected chi connectivity index (χ2v) is 4.79. The van der Waals surface area contributed by atoms with Crippen molar-refractivity contribution in [3.63, 3.8) is 0 Å². The molecule has 0 aliphatic heterocycles. The van der Waals surface area contributed by atoms with E-state index in [0.29, 0.717) is 0 Å². The molecule has 0 aliphatic rings. The predicted octanol–water partition coefficient (Wildman–Crippen LogP) is 4.47. The standard InChI is InChI=1S/C18H17NO/c1-3-13-4-6-14(7-5-13)16-10-11-19-18-9-8-15(20-2)12-17(16)18/h4-12H,3H2,1-2H3. The second kappa shape index (κ2) is 5.33. The lowest BCUT2D eigenvalue weighted by Gasteiger charge is -2.08. The number of aryl methyl sites for hydroxylation is 1. The fraction of sp³-hybridized carbons (Fsp3) is 0.167. The van der Waals surface area contributed by atoms with Crippen molar-refractivity contribution in [2.24, 2.45) is 0 Å². The van der Waals surface area contributed by atoms with E-state index in [2.05, 4.69) is 42.2 Å². The molecule has 20 heavy (non-hydrogen) atoms. The van der Waals surface area contributed by atoms with Crippen LogP contribution in [0.3, 0.4) is 0 Å². The summed E-state index contributed by atoms with van der Waals surface area (Å²) in [5, 5.41) is 1.12. The summed E-state index contributed by atoms with van der Waals surface area (Å²) < 4.78 is 5.32. The van der Waals surface area contributed by atoms with Gasteiger partial charge in [-0.25, -0.2) is 0 Å². The van der Waals surface area contributed by atoms with Crippen molar-refractivity contribution in [1.82, 2.24) is 4.98 Å². The zero-order chi connectivity index (χ0) is 13.9. The van der Waals surface area contributed by atoms with Crippen molar-refractivity contribution in [2.75, 3.05) is 7.11 Å². The molecule has 0 fully saturated rings. The molecular weight excluding hydrogens is 246 g/mol. The molecule has 3 rings (SSSR count). The van der Waals surface area contributed by atoms with E-state index in [-0.39, 0.29) is 0 Å². The summed E-state index contributed by atoms with van der Waals surface area (Å²) in [6.45, 7) is 2.17. The molecule has 0 amide bonds. The molecule has 0 bridgehead atoms. The minimum absolute atomic E-state index is 0.858. The highest BCUT2D eigenvalue weighted by Crippen LogP contribution is 2.30. The number of hydrogen-bond donors (Lipinski definition) is 0. The summed E-state index contributed by atoms with van der Waals surface area (Å²) in [4.78, 5) is 4.42. The number of rotatable bonds is 3. The summed E-state index contributed by atoms with van der Waals surface area (Å²) in [5.74, 6) is 0.858. The number of fused-ring (bicyclic) bond motifs is 1. The van der Waals surface area contributed by atoms with E-state index in [1.807, 2.05) is 24.4 Å². The maximum absolute atomic E-state index is 5.32. The van der Waals surface area contributed by atoms with Crippen LogP contribution in [0.2, 0.25) is 0 Å². The van der Waals surface area contributed by atoms with Crippen molar-refractivity contribution in [1.29, 1.82) is 0 Å². The van der Waals surface area contributed by atoms with E-state index in [9.17, 15) is 0 Å². The molecular formula is C18H17NO. The number of benzene rings is 2. The molecule has 2 heteroatoms. The Morgan fingerprint density at radius 3 is 2.50 bits per heavy atom. The normalized spacial score (nSPS) is 10.7. The van der Waals surface area contributed by atoms with E-state index >= 15 is 0 Å². The van der Waals surface area contributed by atoms with E-state index in [1.165, 1.54) is 16.7 Å². The minimum atomic E-state index is 0.858. The van der Waals surface area contributed by atoms with E-state index < -0.39 is 0 Å². The van der Waals surface area contributed by atoms with Crippen LogP contribution in [0.1, 0.15) is 12.5 Å². The number of nitrogens with zero attached hydrogens (tertiary/aromatic N) is 1. The van der Waals surface area contributed by atoms with Crippen LogP contribution in [0.25, 0.3) is 22.0 Å². The SMILES string of the molecule is CCc1ccc(-c2ccnc3ccc(OC)cc23)cc1. The van der Waals surface area contributed by atoms with Crippen LogP contribution in [0.4, 0.5) is 0 Å². The molecule has 0 spiro atoms. The Morgan fingerprint density at radius 1 is 1.00 bits per heavy atom. The van der Waals surface area contributed by atoms with Gasteiger partial charge in [-0.05, 0) is 47.4 Å².